The van der Waals surface area contributed by atoms with Crippen LogP contribution in [0.5, 0.6) is 11.5 Å². The maximum atomic E-state index is 8.49. The second kappa shape index (κ2) is 8.26. The molecule has 1 aliphatic rings. The third-order valence-electron chi connectivity index (χ3n) is 5.56. The van der Waals surface area contributed by atoms with Gasteiger partial charge in [-0.05, 0) is 51.0 Å². The van der Waals surface area contributed by atoms with Gasteiger partial charge in [0.25, 0.3) is 5.75 Å². The predicted octanol–water partition coefficient (Wildman–Crippen LogP) is 4.86. The number of amidine groups is 2. The standard InChI is InChI=1S/C26H27N3O2/c1-15-6-9-20(17(3)12-15)24-27-25(21-10-7-16(2)13-18(21)4)29-26(28-24)22-11-8-19(31-5)14-23(22)30/h6-14,24,30H,1-5H3,(H,27,28,29)/p+1. The maximum Gasteiger partial charge on any atom is 0.268 e. The highest BCUT2D eigenvalue weighted by molar-refractivity contribution is 6.17. The molecule has 0 saturated carbocycles. The van der Waals surface area contributed by atoms with Crippen molar-refractivity contribution >= 4 is 11.7 Å². The van der Waals surface area contributed by atoms with E-state index < -0.39 is 0 Å². The van der Waals surface area contributed by atoms with Gasteiger partial charge in [0.15, 0.2) is 6.17 Å². The van der Waals surface area contributed by atoms with Crippen LogP contribution in [0, 0.1) is 27.7 Å². The highest BCUT2D eigenvalue weighted by Gasteiger charge is 2.25. The molecule has 1 heterocycles. The van der Waals surface area contributed by atoms with Crippen molar-refractivity contribution in [1.82, 2.24) is 5.32 Å². The number of hydrogen-bond donors (Lipinski definition) is 1. The van der Waals surface area contributed by atoms with Crippen molar-refractivity contribution in [3.8, 4) is 11.5 Å². The van der Waals surface area contributed by atoms with Crippen molar-refractivity contribution in [2.24, 2.45) is 9.98 Å². The third kappa shape index (κ3) is 4.17. The molecule has 0 amide bonds. The molecule has 0 aromatic heterocycles. The van der Waals surface area contributed by atoms with E-state index in [0.717, 1.165) is 28.1 Å². The van der Waals surface area contributed by atoms with Gasteiger partial charge >= 0.3 is 0 Å². The lowest BCUT2D eigenvalue weighted by Crippen LogP contribution is -2.36. The maximum absolute atomic E-state index is 8.49. The summed E-state index contributed by atoms with van der Waals surface area (Å²) in [6.45, 7) is 8.35. The zero-order chi connectivity index (χ0) is 22.1. The van der Waals surface area contributed by atoms with Gasteiger partial charge in [0.1, 0.15) is 23.0 Å². The summed E-state index contributed by atoms with van der Waals surface area (Å²) in [6.07, 6.45) is -0.381. The molecular formula is C26H28N3O2+. The van der Waals surface area contributed by atoms with Crippen LogP contribution in [0.1, 0.15) is 45.1 Å². The van der Waals surface area contributed by atoms with Crippen LogP contribution in [-0.2, 0) is 0 Å². The minimum absolute atomic E-state index is 0.354. The van der Waals surface area contributed by atoms with E-state index >= 15 is 0 Å². The van der Waals surface area contributed by atoms with Gasteiger partial charge in [-0.2, -0.15) is 0 Å². The van der Waals surface area contributed by atoms with Gasteiger partial charge in [0, 0.05) is 11.1 Å². The quantitative estimate of drug-likeness (QED) is 0.619. The molecule has 31 heavy (non-hydrogen) atoms. The van der Waals surface area contributed by atoms with E-state index in [1.165, 1.54) is 11.1 Å². The van der Waals surface area contributed by atoms with E-state index in [0.29, 0.717) is 22.9 Å². The van der Waals surface area contributed by atoms with Gasteiger partial charge in [-0.15, -0.1) is 0 Å². The Morgan fingerprint density at radius 3 is 2.00 bits per heavy atom. The lowest BCUT2D eigenvalue weighted by atomic mass is 10.0. The van der Waals surface area contributed by atoms with E-state index in [1.807, 2.05) is 12.1 Å². The van der Waals surface area contributed by atoms with Crippen LogP contribution >= 0.6 is 0 Å². The second-order valence-corrected chi connectivity index (χ2v) is 8.04. The summed E-state index contributed by atoms with van der Waals surface area (Å²) >= 11 is 0. The number of benzene rings is 3. The molecule has 1 atom stereocenters. The molecule has 5 heteroatoms. The highest BCUT2D eigenvalue weighted by atomic mass is 16.5. The van der Waals surface area contributed by atoms with Crippen LogP contribution in [0.25, 0.3) is 0 Å². The lowest BCUT2D eigenvalue weighted by molar-refractivity contribution is 0.407. The summed E-state index contributed by atoms with van der Waals surface area (Å²) in [5.74, 6) is 2.41. The molecule has 3 aromatic carbocycles. The van der Waals surface area contributed by atoms with Crippen molar-refractivity contribution < 1.29 is 9.84 Å². The molecule has 4 rings (SSSR count). The zero-order valence-corrected chi connectivity index (χ0v) is 18.6. The molecule has 1 unspecified atom stereocenters. The van der Waals surface area contributed by atoms with Crippen LogP contribution in [0.4, 0.5) is 0 Å². The topological polar surface area (TPSA) is 68.9 Å². The van der Waals surface area contributed by atoms with Crippen LogP contribution < -0.4 is 10.1 Å². The number of hydrogen-bond acceptors (Lipinski definition) is 4. The number of aryl methyl sites for hydroxylation is 4. The normalized spacial score (nSPS) is 15.7. The Bertz CT molecular complexity index is 1210. The highest BCUT2D eigenvalue weighted by Crippen LogP contribution is 2.30. The summed E-state index contributed by atoms with van der Waals surface area (Å²) in [6, 6.07) is 18.1. The average molecular weight is 415 g/mol. The predicted molar refractivity (Wildman–Crippen MR) is 127 cm³/mol. The van der Waals surface area contributed by atoms with Crippen molar-refractivity contribution in [1.29, 1.82) is 0 Å². The number of rotatable bonds is 4. The van der Waals surface area contributed by atoms with Gasteiger partial charge in [-0.1, -0.05) is 47.5 Å². The number of nitrogens with zero attached hydrogens (tertiary/aromatic N) is 2. The van der Waals surface area contributed by atoms with Crippen LogP contribution in [0.15, 0.2) is 64.6 Å². The summed E-state index contributed by atoms with van der Waals surface area (Å²) < 4.78 is 5.27. The van der Waals surface area contributed by atoms with E-state index in [9.17, 15) is 0 Å². The Kier molecular flexibility index (Phi) is 5.51. The van der Waals surface area contributed by atoms with Crippen LogP contribution in [-0.4, -0.2) is 23.9 Å². The van der Waals surface area contributed by atoms with Crippen LogP contribution in [0.3, 0.4) is 0 Å². The van der Waals surface area contributed by atoms with Gasteiger partial charge < -0.3 is 15.2 Å². The molecule has 0 spiro atoms. The van der Waals surface area contributed by atoms with Crippen molar-refractivity contribution in [3.63, 3.8) is 0 Å². The monoisotopic (exact) mass is 414 g/mol. The van der Waals surface area contributed by atoms with Gasteiger partial charge in [0.05, 0.1) is 13.2 Å². The summed E-state index contributed by atoms with van der Waals surface area (Å²) in [7, 11) is 1.60. The summed E-state index contributed by atoms with van der Waals surface area (Å²) in [5.41, 5.74) is 7.53. The average Bonchev–Trinajstić information content (AvgIpc) is 2.73. The van der Waals surface area contributed by atoms with Crippen molar-refractivity contribution in [2.45, 2.75) is 33.9 Å². The first-order valence-electron chi connectivity index (χ1n) is 10.3. The molecule has 0 fully saturated rings. The molecule has 0 saturated heterocycles. The molecular weight excluding hydrogens is 386 g/mol. The Hall–Kier alpha value is -3.60. The van der Waals surface area contributed by atoms with Crippen molar-refractivity contribution in [3.05, 3.63) is 93.5 Å². The Morgan fingerprint density at radius 2 is 1.39 bits per heavy atom. The Labute approximate surface area is 183 Å². The molecule has 3 aromatic rings. The minimum atomic E-state index is -0.381. The molecule has 0 bridgehead atoms. The number of nitrogens with one attached hydrogen (secondary N) is 1. The summed E-state index contributed by atoms with van der Waals surface area (Å²) in [5, 5.41) is 11.9. The van der Waals surface area contributed by atoms with Gasteiger partial charge in [0.2, 0.25) is 0 Å². The Morgan fingerprint density at radius 1 is 0.774 bits per heavy atom. The summed E-state index contributed by atoms with van der Waals surface area (Å²) in [4.78, 5) is 9.88. The fraction of sp³-hybridized carbons (Fsp3) is 0.231. The first kappa shape index (κ1) is 20.7. The fourth-order valence-corrected chi connectivity index (χ4v) is 3.91. The second-order valence-electron chi connectivity index (χ2n) is 8.04. The molecule has 158 valence electrons. The van der Waals surface area contributed by atoms with Crippen molar-refractivity contribution in [2.75, 3.05) is 7.11 Å². The van der Waals surface area contributed by atoms with E-state index in [-0.39, 0.29) is 6.17 Å². The number of aliphatic imine (C=N–C) groups is 2. The third-order valence-corrected chi connectivity index (χ3v) is 5.56. The van der Waals surface area contributed by atoms with E-state index in [1.54, 1.807) is 13.2 Å². The minimum Gasteiger partial charge on any atom is -0.593 e. The molecule has 3 N–H and O–H groups in total. The molecule has 0 aliphatic carbocycles. The number of ether oxygens (including phenoxy) is 1. The first-order valence-corrected chi connectivity index (χ1v) is 10.3. The zero-order valence-electron chi connectivity index (χ0n) is 18.6. The largest absolute Gasteiger partial charge is 0.593 e. The molecule has 1 aliphatic heterocycles. The molecule has 5 nitrogen and oxygen atoms in total. The Balaban J connectivity index is 1.85. The van der Waals surface area contributed by atoms with Gasteiger partial charge in [-0.25, -0.2) is 9.98 Å². The molecule has 0 radical (unpaired) electrons. The fourth-order valence-electron chi connectivity index (χ4n) is 3.91. The smallest absolute Gasteiger partial charge is 0.268 e. The van der Waals surface area contributed by atoms with E-state index in [2.05, 4.69) is 69.4 Å². The first-order chi connectivity index (χ1) is 14.9. The van der Waals surface area contributed by atoms with Crippen LogP contribution in [0.2, 0.25) is 0 Å². The lowest BCUT2D eigenvalue weighted by Gasteiger charge is -2.24. The van der Waals surface area contributed by atoms with E-state index in [4.69, 9.17) is 19.8 Å². The SMILES string of the molecule is COc1ccc(C2=NC(c3ccc(C)cc3C)N=C(c3ccc(C)cc3C)N2)c([OH2+])c1. The number of methoxy groups -OCH3 is 1. The van der Waals surface area contributed by atoms with Gasteiger partial charge in [-0.3, -0.25) is 0 Å².